The van der Waals surface area contributed by atoms with Crippen LogP contribution in [-0.4, -0.2) is 18.4 Å². The zero-order valence-corrected chi connectivity index (χ0v) is 15.3. The number of aryl methyl sites for hydroxylation is 2. The van der Waals surface area contributed by atoms with Crippen LogP contribution in [0.4, 0.5) is 11.4 Å². The summed E-state index contributed by atoms with van der Waals surface area (Å²) in [4.78, 5) is 26.4. The smallest absolute Gasteiger partial charge is 0.229 e. The van der Waals surface area contributed by atoms with E-state index in [0.717, 1.165) is 21.4 Å². The van der Waals surface area contributed by atoms with E-state index in [4.69, 9.17) is 0 Å². The van der Waals surface area contributed by atoms with Gasteiger partial charge >= 0.3 is 0 Å². The Morgan fingerprint density at radius 1 is 1.12 bits per heavy atom. The largest absolute Gasteiger partial charge is 0.326 e. The van der Waals surface area contributed by atoms with Crippen molar-refractivity contribution in [3.8, 4) is 0 Å². The lowest BCUT2D eigenvalue weighted by Gasteiger charge is -2.17. The van der Waals surface area contributed by atoms with Gasteiger partial charge in [-0.15, -0.1) is 0 Å². The van der Waals surface area contributed by atoms with Crippen molar-refractivity contribution in [3.05, 3.63) is 58.1 Å². The van der Waals surface area contributed by atoms with Crippen molar-refractivity contribution in [1.29, 1.82) is 0 Å². The van der Waals surface area contributed by atoms with Crippen LogP contribution in [0, 0.1) is 19.8 Å². The molecule has 24 heavy (non-hydrogen) atoms. The third-order valence-electron chi connectivity index (χ3n) is 4.41. The van der Waals surface area contributed by atoms with E-state index in [9.17, 15) is 9.59 Å². The number of rotatable bonds is 3. The Labute approximate surface area is 150 Å². The summed E-state index contributed by atoms with van der Waals surface area (Å²) in [7, 11) is 0. The second kappa shape index (κ2) is 6.77. The molecule has 1 N–H and O–H groups in total. The number of amides is 2. The van der Waals surface area contributed by atoms with E-state index >= 15 is 0 Å². The van der Waals surface area contributed by atoms with E-state index in [0.29, 0.717) is 6.54 Å². The van der Waals surface area contributed by atoms with Gasteiger partial charge in [-0.2, -0.15) is 0 Å². The molecular formula is C19H19BrN2O2. The zero-order chi connectivity index (χ0) is 17.3. The molecule has 0 saturated carbocycles. The zero-order valence-electron chi connectivity index (χ0n) is 13.7. The van der Waals surface area contributed by atoms with Crippen molar-refractivity contribution in [3.63, 3.8) is 0 Å². The monoisotopic (exact) mass is 386 g/mol. The van der Waals surface area contributed by atoms with Gasteiger partial charge in [-0.25, -0.2) is 0 Å². The average molecular weight is 387 g/mol. The highest BCUT2D eigenvalue weighted by molar-refractivity contribution is 9.10. The Kier molecular flexibility index (Phi) is 4.71. The second-order valence-electron chi connectivity index (χ2n) is 6.17. The molecule has 0 bridgehead atoms. The van der Waals surface area contributed by atoms with Gasteiger partial charge in [-0.1, -0.05) is 22.0 Å². The minimum absolute atomic E-state index is 0.0161. The van der Waals surface area contributed by atoms with Gasteiger partial charge in [0, 0.05) is 28.8 Å². The number of nitrogens with zero attached hydrogens (tertiary/aromatic N) is 1. The summed E-state index contributed by atoms with van der Waals surface area (Å²) in [5.74, 6) is -0.452. The topological polar surface area (TPSA) is 49.4 Å². The van der Waals surface area contributed by atoms with Crippen molar-refractivity contribution in [2.24, 2.45) is 5.92 Å². The van der Waals surface area contributed by atoms with Gasteiger partial charge in [0.15, 0.2) is 0 Å². The fraction of sp³-hybridized carbons (Fsp3) is 0.263. The highest BCUT2D eigenvalue weighted by atomic mass is 79.9. The summed E-state index contributed by atoms with van der Waals surface area (Å²) in [5.41, 5.74) is 3.92. The Bertz CT molecular complexity index is 786. The minimum atomic E-state index is -0.331. The lowest BCUT2D eigenvalue weighted by Crippen LogP contribution is -2.28. The standard InChI is InChI=1S/C19H19BrN2O2/c1-12-3-6-16(9-13(12)2)21-19(24)14-10-18(23)22(11-14)17-7-4-15(20)5-8-17/h3-9,14H,10-11H2,1-2H3,(H,21,24)/t14-/m0/s1. The molecule has 4 nitrogen and oxygen atoms in total. The Hall–Kier alpha value is -2.14. The quantitative estimate of drug-likeness (QED) is 0.864. The van der Waals surface area contributed by atoms with Crippen LogP contribution in [0.5, 0.6) is 0 Å². The third-order valence-corrected chi connectivity index (χ3v) is 4.94. The molecule has 1 aliphatic rings. The van der Waals surface area contributed by atoms with Crippen LogP contribution >= 0.6 is 15.9 Å². The molecule has 0 aromatic heterocycles. The molecule has 0 aliphatic carbocycles. The molecule has 0 spiro atoms. The van der Waals surface area contributed by atoms with E-state index in [1.807, 2.05) is 56.3 Å². The number of halogens is 1. The van der Waals surface area contributed by atoms with Crippen LogP contribution in [0.1, 0.15) is 17.5 Å². The predicted octanol–water partition coefficient (Wildman–Crippen LogP) is 4.06. The van der Waals surface area contributed by atoms with Gasteiger partial charge in [-0.05, 0) is 61.4 Å². The van der Waals surface area contributed by atoms with E-state index < -0.39 is 0 Å². The molecule has 0 radical (unpaired) electrons. The van der Waals surface area contributed by atoms with Gasteiger partial charge < -0.3 is 10.2 Å². The fourth-order valence-electron chi connectivity index (χ4n) is 2.82. The van der Waals surface area contributed by atoms with Crippen molar-refractivity contribution in [1.82, 2.24) is 0 Å². The number of carbonyl (C=O) groups is 2. The third kappa shape index (κ3) is 3.51. The lowest BCUT2D eigenvalue weighted by molar-refractivity contribution is -0.122. The van der Waals surface area contributed by atoms with Crippen molar-refractivity contribution in [2.75, 3.05) is 16.8 Å². The number of hydrogen-bond donors (Lipinski definition) is 1. The van der Waals surface area contributed by atoms with E-state index in [-0.39, 0.29) is 24.2 Å². The molecule has 1 saturated heterocycles. The number of anilines is 2. The Morgan fingerprint density at radius 2 is 1.83 bits per heavy atom. The van der Waals surface area contributed by atoms with Crippen LogP contribution in [0.25, 0.3) is 0 Å². The Balaban J connectivity index is 1.69. The molecule has 3 rings (SSSR count). The van der Waals surface area contributed by atoms with Gasteiger partial charge in [0.2, 0.25) is 11.8 Å². The highest BCUT2D eigenvalue weighted by Crippen LogP contribution is 2.27. The summed E-state index contributed by atoms with van der Waals surface area (Å²) in [6.45, 7) is 4.46. The molecule has 2 aromatic rings. The number of nitrogens with one attached hydrogen (secondary N) is 1. The normalized spacial score (nSPS) is 17.2. The summed E-state index contributed by atoms with van der Waals surface area (Å²) < 4.78 is 0.960. The van der Waals surface area contributed by atoms with Crippen LogP contribution in [0.2, 0.25) is 0 Å². The van der Waals surface area contributed by atoms with Crippen LogP contribution in [-0.2, 0) is 9.59 Å². The van der Waals surface area contributed by atoms with E-state index in [1.165, 1.54) is 5.56 Å². The van der Waals surface area contributed by atoms with Gasteiger partial charge in [0.1, 0.15) is 0 Å². The minimum Gasteiger partial charge on any atom is -0.326 e. The lowest BCUT2D eigenvalue weighted by atomic mass is 10.1. The first kappa shape index (κ1) is 16.7. The molecule has 5 heteroatoms. The van der Waals surface area contributed by atoms with Crippen LogP contribution in [0.3, 0.4) is 0 Å². The predicted molar refractivity (Wildman–Crippen MR) is 99.1 cm³/mol. The highest BCUT2D eigenvalue weighted by Gasteiger charge is 2.35. The van der Waals surface area contributed by atoms with E-state index in [1.54, 1.807) is 4.90 Å². The van der Waals surface area contributed by atoms with Crippen LogP contribution in [0.15, 0.2) is 46.9 Å². The van der Waals surface area contributed by atoms with Gasteiger partial charge in [0.05, 0.1) is 5.92 Å². The molecule has 1 atom stereocenters. The fourth-order valence-corrected chi connectivity index (χ4v) is 3.08. The van der Waals surface area contributed by atoms with Gasteiger partial charge in [-0.3, -0.25) is 9.59 Å². The average Bonchev–Trinajstić information content (AvgIpc) is 2.94. The van der Waals surface area contributed by atoms with Crippen molar-refractivity contribution < 1.29 is 9.59 Å². The maximum atomic E-state index is 12.5. The number of benzene rings is 2. The molecule has 1 aliphatic heterocycles. The molecule has 0 unspecified atom stereocenters. The number of carbonyl (C=O) groups excluding carboxylic acids is 2. The van der Waals surface area contributed by atoms with E-state index in [2.05, 4.69) is 21.2 Å². The SMILES string of the molecule is Cc1ccc(NC(=O)[C@H]2CC(=O)N(c3ccc(Br)cc3)C2)cc1C. The summed E-state index contributed by atoms with van der Waals surface area (Å²) >= 11 is 3.38. The first-order valence-electron chi connectivity index (χ1n) is 7.88. The maximum Gasteiger partial charge on any atom is 0.229 e. The van der Waals surface area contributed by atoms with Crippen molar-refractivity contribution >= 4 is 39.1 Å². The second-order valence-corrected chi connectivity index (χ2v) is 7.09. The number of hydrogen-bond acceptors (Lipinski definition) is 2. The first-order chi connectivity index (χ1) is 11.4. The first-order valence-corrected chi connectivity index (χ1v) is 8.67. The summed E-state index contributed by atoms with van der Waals surface area (Å²) in [6, 6.07) is 13.4. The molecular weight excluding hydrogens is 368 g/mol. The van der Waals surface area contributed by atoms with Gasteiger partial charge in [0.25, 0.3) is 0 Å². The summed E-state index contributed by atoms with van der Waals surface area (Å²) in [6.07, 6.45) is 0.243. The van der Waals surface area contributed by atoms with Crippen molar-refractivity contribution in [2.45, 2.75) is 20.3 Å². The molecule has 124 valence electrons. The maximum absolute atomic E-state index is 12.5. The Morgan fingerprint density at radius 3 is 2.50 bits per heavy atom. The molecule has 2 amide bonds. The molecule has 1 heterocycles. The summed E-state index contributed by atoms with van der Waals surface area (Å²) in [5, 5.41) is 2.93. The molecule has 1 fully saturated rings. The van der Waals surface area contributed by atoms with Crippen LogP contribution < -0.4 is 10.2 Å². The molecule has 2 aromatic carbocycles.